The van der Waals surface area contributed by atoms with Gasteiger partial charge in [0, 0.05) is 12.6 Å². The van der Waals surface area contributed by atoms with Crippen LogP contribution < -0.4 is 11.1 Å². The fourth-order valence-electron chi connectivity index (χ4n) is 2.96. The highest BCUT2D eigenvalue weighted by Crippen LogP contribution is 2.24. The largest absolute Gasteiger partial charge is 0.378 e. The Balaban J connectivity index is 0.00000162. The molecule has 18 heavy (non-hydrogen) atoms. The molecule has 0 aromatic heterocycles. The Labute approximate surface area is 115 Å². The van der Waals surface area contributed by atoms with E-state index < -0.39 is 0 Å². The lowest BCUT2D eigenvalue weighted by Gasteiger charge is -2.31. The molecule has 1 saturated carbocycles. The molecule has 2 rings (SSSR count). The molecule has 2 aliphatic rings. The second-order valence-corrected chi connectivity index (χ2v) is 5.29. The number of hydrogen-bond donors (Lipinski definition) is 2. The van der Waals surface area contributed by atoms with E-state index in [9.17, 15) is 4.79 Å². The zero-order valence-electron chi connectivity index (χ0n) is 10.9. The average Bonchev–Trinajstić information content (AvgIpc) is 2.82. The van der Waals surface area contributed by atoms with Crippen molar-refractivity contribution in [2.75, 3.05) is 13.2 Å². The Morgan fingerprint density at radius 3 is 2.67 bits per heavy atom. The molecule has 1 heterocycles. The number of halogens is 1. The van der Waals surface area contributed by atoms with E-state index in [0.717, 1.165) is 32.3 Å². The molecule has 1 aliphatic heterocycles. The number of carbonyl (C=O) groups excluding carboxylic acids is 1. The van der Waals surface area contributed by atoms with Gasteiger partial charge in [0.1, 0.15) is 0 Å². The van der Waals surface area contributed by atoms with Gasteiger partial charge >= 0.3 is 0 Å². The zero-order valence-corrected chi connectivity index (χ0v) is 11.7. The second kappa shape index (κ2) is 7.97. The predicted octanol–water partition coefficient (Wildman–Crippen LogP) is 1.61. The summed E-state index contributed by atoms with van der Waals surface area (Å²) in [5.41, 5.74) is 5.76. The molecule has 0 aromatic carbocycles. The fourth-order valence-corrected chi connectivity index (χ4v) is 2.96. The Kier molecular flexibility index (Phi) is 6.97. The van der Waals surface area contributed by atoms with Crippen LogP contribution in [0.4, 0.5) is 0 Å². The fraction of sp³-hybridized carbons (Fsp3) is 0.923. The summed E-state index contributed by atoms with van der Waals surface area (Å²) in [6.45, 7) is 1.50. The predicted molar refractivity (Wildman–Crippen MR) is 73.8 cm³/mol. The molecule has 3 N–H and O–H groups in total. The highest BCUT2D eigenvalue weighted by atomic mass is 35.5. The van der Waals surface area contributed by atoms with Crippen LogP contribution in [0.25, 0.3) is 0 Å². The van der Waals surface area contributed by atoms with Gasteiger partial charge in [0.05, 0.1) is 12.5 Å². The van der Waals surface area contributed by atoms with Gasteiger partial charge in [-0.1, -0.05) is 12.8 Å². The molecule has 0 aromatic rings. The Morgan fingerprint density at radius 2 is 2.00 bits per heavy atom. The van der Waals surface area contributed by atoms with E-state index in [4.69, 9.17) is 10.5 Å². The van der Waals surface area contributed by atoms with Gasteiger partial charge in [0.2, 0.25) is 5.91 Å². The van der Waals surface area contributed by atoms with Gasteiger partial charge in [0.25, 0.3) is 0 Å². The monoisotopic (exact) mass is 276 g/mol. The van der Waals surface area contributed by atoms with E-state index in [1.165, 1.54) is 12.8 Å². The average molecular weight is 277 g/mol. The van der Waals surface area contributed by atoms with Crippen LogP contribution in [0.5, 0.6) is 0 Å². The zero-order chi connectivity index (χ0) is 12.1. The molecule has 1 saturated heterocycles. The normalized spacial score (nSPS) is 31.7. The Hall–Kier alpha value is -0.320. The van der Waals surface area contributed by atoms with Crippen molar-refractivity contribution < 1.29 is 9.53 Å². The van der Waals surface area contributed by atoms with Gasteiger partial charge in [0.15, 0.2) is 0 Å². The van der Waals surface area contributed by atoms with Crippen molar-refractivity contribution in [2.45, 2.75) is 57.1 Å². The van der Waals surface area contributed by atoms with Crippen LogP contribution in [-0.4, -0.2) is 31.2 Å². The molecule has 106 valence electrons. The molecule has 0 bridgehead atoms. The van der Waals surface area contributed by atoms with Crippen LogP contribution in [0.2, 0.25) is 0 Å². The molecule has 0 radical (unpaired) electrons. The van der Waals surface area contributed by atoms with E-state index in [1.54, 1.807) is 0 Å². The van der Waals surface area contributed by atoms with Gasteiger partial charge < -0.3 is 15.8 Å². The van der Waals surface area contributed by atoms with Gasteiger partial charge in [-0.05, 0) is 38.1 Å². The highest BCUT2D eigenvalue weighted by Gasteiger charge is 2.26. The first kappa shape index (κ1) is 15.7. The number of rotatable bonds is 4. The SMILES string of the molecule is Cl.NCC1CCCCC1NC(=O)CC1CCCO1. The quantitative estimate of drug-likeness (QED) is 0.820. The summed E-state index contributed by atoms with van der Waals surface area (Å²) in [7, 11) is 0. The lowest BCUT2D eigenvalue weighted by Crippen LogP contribution is -2.45. The first-order valence-electron chi connectivity index (χ1n) is 6.90. The van der Waals surface area contributed by atoms with Crippen LogP contribution >= 0.6 is 12.4 Å². The summed E-state index contributed by atoms with van der Waals surface area (Å²) >= 11 is 0. The minimum absolute atomic E-state index is 0. The third kappa shape index (κ3) is 4.41. The summed E-state index contributed by atoms with van der Waals surface area (Å²) < 4.78 is 5.48. The molecule has 3 atom stereocenters. The van der Waals surface area contributed by atoms with E-state index in [0.29, 0.717) is 24.9 Å². The molecule has 2 fully saturated rings. The van der Waals surface area contributed by atoms with E-state index >= 15 is 0 Å². The summed E-state index contributed by atoms with van der Waals surface area (Å²) in [6.07, 6.45) is 7.48. The molecular weight excluding hydrogens is 252 g/mol. The topological polar surface area (TPSA) is 64.3 Å². The maximum absolute atomic E-state index is 11.9. The lowest BCUT2D eigenvalue weighted by atomic mass is 9.84. The van der Waals surface area contributed by atoms with Crippen molar-refractivity contribution in [1.82, 2.24) is 5.32 Å². The summed E-state index contributed by atoms with van der Waals surface area (Å²) in [5, 5.41) is 3.15. The van der Waals surface area contributed by atoms with Crippen molar-refractivity contribution in [3.05, 3.63) is 0 Å². The molecule has 4 nitrogen and oxygen atoms in total. The minimum Gasteiger partial charge on any atom is -0.378 e. The first-order chi connectivity index (χ1) is 8.29. The summed E-state index contributed by atoms with van der Waals surface area (Å²) in [6, 6.07) is 0.294. The van der Waals surface area contributed by atoms with Gasteiger partial charge in [-0.2, -0.15) is 0 Å². The maximum Gasteiger partial charge on any atom is 0.222 e. The molecule has 1 aliphatic carbocycles. The number of hydrogen-bond acceptors (Lipinski definition) is 3. The number of ether oxygens (including phenoxy) is 1. The van der Waals surface area contributed by atoms with Crippen LogP contribution in [0.15, 0.2) is 0 Å². The Morgan fingerprint density at radius 1 is 1.22 bits per heavy atom. The van der Waals surface area contributed by atoms with Crippen molar-refractivity contribution >= 4 is 18.3 Å². The summed E-state index contributed by atoms with van der Waals surface area (Å²) in [4.78, 5) is 11.9. The van der Waals surface area contributed by atoms with Crippen molar-refractivity contribution in [3.8, 4) is 0 Å². The van der Waals surface area contributed by atoms with Crippen molar-refractivity contribution in [1.29, 1.82) is 0 Å². The van der Waals surface area contributed by atoms with Crippen LogP contribution in [-0.2, 0) is 9.53 Å². The number of amides is 1. The van der Waals surface area contributed by atoms with Crippen molar-refractivity contribution in [3.63, 3.8) is 0 Å². The van der Waals surface area contributed by atoms with E-state index in [1.807, 2.05) is 0 Å². The third-order valence-corrected chi connectivity index (χ3v) is 4.00. The number of nitrogens with two attached hydrogens (primary N) is 1. The second-order valence-electron chi connectivity index (χ2n) is 5.29. The number of nitrogens with one attached hydrogen (secondary N) is 1. The van der Waals surface area contributed by atoms with Crippen molar-refractivity contribution in [2.24, 2.45) is 11.7 Å². The Bertz CT molecular complexity index is 257. The van der Waals surface area contributed by atoms with E-state index in [2.05, 4.69) is 5.32 Å². The molecule has 5 heteroatoms. The van der Waals surface area contributed by atoms with Crippen LogP contribution in [0.1, 0.15) is 44.9 Å². The standard InChI is InChI=1S/C13H24N2O2.ClH/c14-9-10-4-1-2-6-12(10)15-13(16)8-11-5-3-7-17-11;/h10-12H,1-9,14H2,(H,15,16);1H. The molecular formula is C13H25ClN2O2. The first-order valence-corrected chi connectivity index (χ1v) is 6.90. The summed E-state index contributed by atoms with van der Waals surface area (Å²) in [5.74, 6) is 0.611. The van der Waals surface area contributed by atoms with Gasteiger partial charge in [-0.3, -0.25) is 4.79 Å². The van der Waals surface area contributed by atoms with Gasteiger partial charge in [-0.15, -0.1) is 12.4 Å². The minimum atomic E-state index is 0. The molecule has 3 unspecified atom stereocenters. The van der Waals surface area contributed by atoms with E-state index in [-0.39, 0.29) is 24.4 Å². The smallest absolute Gasteiger partial charge is 0.222 e. The van der Waals surface area contributed by atoms with Gasteiger partial charge in [-0.25, -0.2) is 0 Å². The molecule has 0 spiro atoms. The molecule has 1 amide bonds. The number of carbonyl (C=O) groups is 1. The van der Waals surface area contributed by atoms with Crippen LogP contribution in [0, 0.1) is 5.92 Å². The third-order valence-electron chi connectivity index (χ3n) is 4.00. The van der Waals surface area contributed by atoms with Crippen LogP contribution in [0.3, 0.4) is 0 Å². The highest BCUT2D eigenvalue weighted by molar-refractivity contribution is 5.85. The maximum atomic E-state index is 11.9. The lowest BCUT2D eigenvalue weighted by molar-refractivity contribution is -0.124.